The van der Waals surface area contributed by atoms with Crippen molar-refractivity contribution < 1.29 is 19.0 Å². The molecule has 0 spiro atoms. The van der Waals surface area contributed by atoms with Crippen LogP contribution in [0.15, 0.2) is 18.2 Å². The van der Waals surface area contributed by atoms with Gasteiger partial charge in [0, 0.05) is 6.54 Å². The lowest BCUT2D eigenvalue weighted by atomic mass is 10.2. The zero-order valence-corrected chi connectivity index (χ0v) is 14.1. The molecule has 0 N–H and O–H groups in total. The maximum absolute atomic E-state index is 12.0. The van der Waals surface area contributed by atoms with E-state index in [0.29, 0.717) is 43.4 Å². The quantitative estimate of drug-likeness (QED) is 0.622. The molecule has 0 aliphatic carbocycles. The van der Waals surface area contributed by atoms with Gasteiger partial charge in [0.05, 0.1) is 18.8 Å². The predicted molar refractivity (Wildman–Crippen MR) is 86.9 cm³/mol. The summed E-state index contributed by atoms with van der Waals surface area (Å²) in [4.78, 5) is 14.0. The Morgan fingerprint density at radius 1 is 1.00 bits per heavy atom. The molecule has 0 bridgehead atoms. The number of carbonyl (C=O) groups excluding carboxylic acids is 1. The molecule has 0 aliphatic heterocycles. The Morgan fingerprint density at radius 3 is 2.23 bits per heavy atom. The van der Waals surface area contributed by atoms with Crippen molar-refractivity contribution in [3.8, 4) is 11.5 Å². The summed E-state index contributed by atoms with van der Waals surface area (Å²) in [6.45, 7) is 6.35. The first-order chi connectivity index (χ1) is 10.6. The summed E-state index contributed by atoms with van der Waals surface area (Å²) in [5.74, 6) is 0.919. The fourth-order valence-corrected chi connectivity index (χ4v) is 1.70. The Morgan fingerprint density at radius 2 is 1.64 bits per heavy atom. The van der Waals surface area contributed by atoms with E-state index in [1.165, 1.54) is 0 Å². The minimum absolute atomic E-state index is 0.342. The van der Waals surface area contributed by atoms with Crippen molar-refractivity contribution in [2.75, 3.05) is 40.5 Å². The van der Waals surface area contributed by atoms with Crippen LogP contribution in [-0.4, -0.2) is 51.3 Å². The molecular weight excluding hydrogens is 282 g/mol. The van der Waals surface area contributed by atoms with Gasteiger partial charge in [-0.1, -0.05) is 13.8 Å². The van der Waals surface area contributed by atoms with Gasteiger partial charge < -0.3 is 19.1 Å². The molecule has 0 aliphatic rings. The Balaban J connectivity index is 2.76. The predicted octanol–water partition coefficient (Wildman–Crippen LogP) is 2.98. The number of hydrogen-bond donors (Lipinski definition) is 0. The third-order valence-electron chi connectivity index (χ3n) is 2.87. The molecule has 0 saturated carbocycles. The fraction of sp³-hybridized carbons (Fsp3) is 0.588. The summed E-state index contributed by atoms with van der Waals surface area (Å²) in [5, 5.41) is 0. The molecule has 124 valence electrons. The minimum atomic E-state index is -0.342. The highest BCUT2D eigenvalue weighted by Gasteiger charge is 2.13. The highest BCUT2D eigenvalue weighted by molar-refractivity contribution is 5.90. The zero-order valence-electron chi connectivity index (χ0n) is 14.1. The number of likely N-dealkylation sites (N-methyl/N-ethyl adjacent to an activating group) is 1. The van der Waals surface area contributed by atoms with Crippen molar-refractivity contribution in [2.24, 2.45) is 0 Å². The maximum Gasteiger partial charge on any atom is 0.338 e. The zero-order chi connectivity index (χ0) is 16.4. The molecule has 1 aromatic carbocycles. The average molecular weight is 309 g/mol. The van der Waals surface area contributed by atoms with Crippen LogP contribution in [0.25, 0.3) is 0 Å². The largest absolute Gasteiger partial charge is 0.490 e. The van der Waals surface area contributed by atoms with Crippen molar-refractivity contribution in [2.45, 2.75) is 26.7 Å². The third kappa shape index (κ3) is 6.35. The van der Waals surface area contributed by atoms with Gasteiger partial charge in [0.15, 0.2) is 11.5 Å². The van der Waals surface area contributed by atoms with Gasteiger partial charge in [-0.25, -0.2) is 4.79 Å². The van der Waals surface area contributed by atoms with Crippen LogP contribution in [0.4, 0.5) is 0 Å². The standard InChI is InChI=1S/C17H27NO4/c1-5-10-20-15-8-7-14(13-16(15)21-11-6-2)17(19)22-12-9-18(3)4/h7-8,13H,5-6,9-12H2,1-4H3. The van der Waals surface area contributed by atoms with Gasteiger partial charge >= 0.3 is 5.97 Å². The van der Waals surface area contributed by atoms with Crippen LogP contribution >= 0.6 is 0 Å². The lowest BCUT2D eigenvalue weighted by molar-refractivity contribution is 0.0481. The number of esters is 1. The molecule has 0 heterocycles. The van der Waals surface area contributed by atoms with Crippen LogP contribution in [0.1, 0.15) is 37.0 Å². The van der Waals surface area contributed by atoms with Crippen molar-refractivity contribution in [1.29, 1.82) is 0 Å². The van der Waals surface area contributed by atoms with Gasteiger partial charge in [0.1, 0.15) is 6.61 Å². The third-order valence-corrected chi connectivity index (χ3v) is 2.87. The Labute approximate surface area is 133 Å². The number of carbonyl (C=O) groups is 1. The van der Waals surface area contributed by atoms with Crippen LogP contribution in [-0.2, 0) is 4.74 Å². The molecule has 0 unspecified atom stereocenters. The lowest BCUT2D eigenvalue weighted by Crippen LogP contribution is -2.20. The molecule has 0 saturated heterocycles. The first-order valence-electron chi connectivity index (χ1n) is 7.80. The Kier molecular flexibility index (Phi) is 8.36. The van der Waals surface area contributed by atoms with Crippen LogP contribution in [0.2, 0.25) is 0 Å². The van der Waals surface area contributed by atoms with E-state index in [0.717, 1.165) is 12.8 Å². The van der Waals surface area contributed by atoms with Crippen LogP contribution in [0.3, 0.4) is 0 Å². The highest BCUT2D eigenvalue weighted by Crippen LogP contribution is 2.29. The molecule has 0 amide bonds. The summed E-state index contributed by atoms with van der Waals surface area (Å²) in [6.07, 6.45) is 1.81. The molecule has 1 rings (SSSR count). The lowest BCUT2D eigenvalue weighted by Gasteiger charge is -2.14. The van der Waals surface area contributed by atoms with E-state index in [9.17, 15) is 4.79 Å². The topological polar surface area (TPSA) is 48.0 Å². The molecular formula is C17H27NO4. The van der Waals surface area contributed by atoms with Gasteiger partial charge in [0.2, 0.25) is 0 Å². The van der Waals surface area contributed by atoms with Gasteiger partial charge in [-0.2, -0.15) is 0 Å². The van der Waals surface area contributed by atoms with E-state index in [4.69, 9.17) is 14.2 Å². The maximum atomic E-state index is 12.0. The second-order valence-electron chi connectivity index (χ2n) is 5.30. The second-order valence-corrected chi connectivity index (χ2v) is 5.30. The molecule has 5 nitrogen and oxygen atoms in total. The summed E-state index contributed by atoms with van der Waals surface area (Å²) < 4.78 is 16.6. The van der Waals surface area contributed by atoms with Gasteiger partial charge in [-0.05, 0) is 45.1 Å². The van der Waals surface area contributed by atoms with E-state index < -0.39 is 0 Å². The van der Waals surface area contributed by atoms with E-state index in [1.807, 2.05) is 32.8 Å². The minimum Gasteiger partial charge on any atom is -0.490 e. The van der Waals surface area contributed by atoms with Gasteiger partial charge in [-0.15, -0.1) is 0 Å². The number of nitrogens with zero attached hydrogens (tertiary/aromatic N) is 1. The Hall–Kier alpha value is -1.75. The van der Waals surface area contributed by atoms with Gasteiger partial charge in [0.25, 0.3) is 0 Å². The van der Waals surface area contributed by atoms with Crippen LogP contribution < -0.4 is 9.47 Å². The second kappa shape index (κ2) is 10.1. The first kappa shape index (κ1) is 18.3. The monoisotopic (exact) mass is 309 g/mol. The number of benzene rings is 1. The molecule has 5 heteroatoms. The molecule has 0 radical (unpaired) electrons. The van der Waals surface area contributed by atoms with E-state index in [2.05, 4.69) is 0 Å². The highest BCUT2D eigenvalue weighted by atomic mass is 16.5. The molecule has 1 aromatic rings. The average Bonchev–Trinajstić information content (AvgIpc) is 2.50. The molecule has 22 heavy (non-hydrogen) atoms. The number of hydrogen-bond acceptors (Lipinski definition) is 5. The van der Waals surface area contributed by atoms with Gasteiger partial charge in [-0.3, -0.25) is 0 Å². The van der Waals surface area contributed by atoms with E-state index >= 15 is 0 Å². The van der Waals surface area contributed by atoms with Crippen LogP contribution in [0, 0.1) is 0 Å². The smallest absolute Gasteiger partial charge is 0.338 e. The molecule has 0 fully saturated rings. The van der Waals surface area contributed by atoms with Crippen molar-refractivity contribution in [1.82, 2.24) is 4.90 Å². The van der Waals surface area contributed by atoms with E-state index in [-0.39, 0.29) is 5.97 Å². The van der Waals surface area contributed by atoms with Crippen molar-refractivity contribution in [3.05, 3.63) is 23.8 Å². The summed E-state index contributed by atoms with van der Waals surface area (Å²) >= 11 is 0. The fourth-order valence-electron chi connectivity index (χ4n) is 1.70. The SMILES string of the molecule is CCCOc1ccc(C(=O)OCCN(C)C)cc1OCCC. The molecule has 0 atom stereocenters. The van der Waals surface area contributed by atoms with Crippen molar-refractivity contribution >= 4 is 5.97 Å². The summed E-state index contributed by atoms with van der Waals surface area (Å²) in [6, 6.07) is 5.17. The normalized spacial score (nSPS) is 10.6. The number of ether oxygens (including phenoxy) is 3. The first-order valence-corrected chi connectivity index (χ1v) is 7.80. The van der Waals surface area contributed by atoms with Crippen molar-refractivity contribution in [3.63, 3.8) is 0 Å². The Bertz CT molecular complexity index is 460. The van der Waals surface area contributed by atoms with Crippen LogP contribution in [0.5, 0.6) is 11.5 Å². The summed E-state index contributed by atoms with van der Waals surface area (Å²) in [5.41, 5.74) is 0.480. The summed E-state index contributed by atoms with van der Waals surface area (Å²) in [7, 11) is 3.87. The van der Waals surface area contributed by atoms with E-state index in [1.54, 1.807) is 18.2 Å². The number of rotatable bonds is 10. The molecule has 0 aromatic heterocycles.